The Morgan fingerprint density at radius 1 is 1.40 bits per heavy atom. The predicted molar refractivity (Wildman–Crippen MR) is 79.3 cm³/mol. The van der Waals surface area contributed by atoms with Crippen molar-refractivity contribution < 1.29 is 4.74 Å². The average Bonchev–Trinajstić information content (AvgIpc) is 2.84. The molecule has 1 aromatic heterocycles. The van der Waals surface area contributed by atoms with E-state index < -0.39 is 0 Å². The van der Waals surface area contributed by atoms with Crippen LogP contribution in [0.1, 0.15) is 11.3 Å². The summed E-state index contributed by atoms with van der Waals surface area (Å²) in [6, 6.07) is 9.75. The van der Waals surface area contributed by atoms with Crippen LogP contribution in [0.3, 0.4) is 0 Å². The van der Waals surface area contributed by atoms with Gasteiger partial charge in [0.05, 0.1) is 18.8 Å². The number of rotatable bonds is 5. The third kappa shape index (κ3) is 3.58. The highest BCUT2D eigenvalue weighted by atomic mass is 16.5. The molecule has 2 aromatic rings. The zero-order chi connectivity index (χ0) is 14.4. The van der Waals surface area contributed by atoms with Crippen LogP contribution in [-0.4, -0.2) is 22.8 Å². The van der Waals surface area contributed by atoms with Crippen molar-refractivity contribution in [2.24, 2.45) is 17.8 Å². The number of anilines is 1. The second-order valence-electron chi connectivity index (χ2n) is 4.36. The van der Waals surface area contributed by atoms with Crippen molar-refractivity contribution in [2.75, 3.05) is 12.4 Å². The van der Waals surface area contributed by atoms with Gasteiger partial charge in [0.25, 0.3) is 0 Å². The van der Waals surface area contributed by atoms with Gasteiger partial charge >= 0.3 is 0 Å². The lowest BCUT2D eigenvalue weighted by Gasteiger charge is -2.10. The van der Waals surface area contributed by atoms with E-state index in [-0.39, 0.29) is 0 Å². The van der Waals surface area contributed by atoms with Gasteiger partial charge in [-0.1, -0.05) is 18.2 Å². The molecule has 0 aliphatic carbocycles. The molecule has 20 heavy (non-hydrogen) atoms. The van der Waals surface area contributed by atoms with Gasteiger partial charge < -0.3 is 15.8 Å². The molecule has 0 fully saturated rings. The Kier molecular flexibility index (Phi) is 4.73. The highest BCUT2D eigenvalue weighted by molar-refractivity contribution is 5.92. The van der Waals surface area contributed by atoms with Crippen molar-refractivity contribution in [1.82, 2.24) is 9.78 Å². The molecule has 0 saturated carbocycles. The van der Waals surface area contributed by atoms with E-state index in [0.29, 0.717) is 19.1 Å². The molecule has 6 nitrogen and oxygen atoms in total. The molecule has 0 radical (unpaired) electrons. The topological polar surface area (TPSA) is 77.5 Å². The van der Waals surface area contributed by atoms with Gasteiger partial charge in [-0.3, -0.25) is 4.68 Å². The number of aliphatic imine (C=N–C) groups is 1. The monoisotopic (exact) mass is 273 g/mol. The van der Waals surface area contributed by atoms with Crippen LogP contribution in [0.4, 0.5) is 5.69 Å². The third-order valence-electron chi connectivity index (χ3n) is 2.91. The number of aryl methyl sites for hydroxylation is 1. The first kappa shape index (κ1) is 14.1. The van der Waals surface area contributed by atoms with E-state index in [1.807, 2.05) is 37.4 Å². The van der Waals surface area contributed by atoms with Crippen LogP contribution in [0, 0.1) is 0 Å². The Hall–Kier alpha value is -2.34. The highest BCUT2D eigenvalue weighted by Crippen LogP contribution is 2.15. The fraction of sp³-hybridized carbons (Fsp3) is 0.286. The molecule has 6 heteroatoms. The number of ether oxygens (including phenoxy) is 1. The fourth-order valence-electron chi connectivity index (χ4n) is 1.82. The summed E-state index contributed by atoms with van der Waals surface area (Å²) in [5, 5.41) is 7.18. The number of aromatic nitrogens is 2. The Morgan fingerprint density at radius 3 is 2.90 bits per heavy atom. The smallest absolute Gasteiger partial charge is 0.193 e. The maximum absolute atomic E-state index is 5.91. The van der Waals surface area contributed by atoms with Gasteiger partial charge in [-0.25, -0.2) is 4.99 Å². The standard InChI is InChI=1S/C14H19N5O/c1-19-12(7-8-17-19)9-16-14(15)18-13-6-4-3-5-11(13)10-20-2/h3-8H,9-10H2,1-2H3,(H3,15,16,18). The average molecular weight is 273 g/mol. The second kappa shape index (κ2) is 6.72. The summed E-state index contributed by atoms with van der Waals surface area (Å²) < 4.78 is 6.93. The van der Waals surface area contributed by atoms with Gasteiger partial charge in [-0.05, 0) is 12.1 Å². The lowest BCUT2D eigenvalue weighted by atomic mass is 10.2. The zero-order valence-electron chi connectivity index (χ0n) is 11.7. The van der Waals surface area contributed by atoms with Gasteiger partial charge in [0.15, 0.2) is 5.96 Å². The number of nitrogens with one attached hydrogen (secondary N) is 1. The van der Waals surface area contributed by atoms with Crippen LogP contribution in [0.5, 0.6) is 0 Å². The minimum absolute atomic E-state index is 0.370. The fourth-order valence-corrected chi connectivity index (χ4v) is 1.82. The van der Waals surface area contributed by atoms with Gasteiger partial charge in [0.2, 0.25) is 0 Å². The van der Waals surface area contributed by atoms with Crippen molar-refractivity contribution >= 4 is 11.6 Å². The summed E-state index contributed by atoms with van der Waals surface area (Å²) in [7, 11) is 3.54. The lowest BCUT2D eigenvalue weighted by Crippen LogP contribution is -2.23. The van der Waals surface area contributed by atoms with Crippen LogP contribution in [-0.2, 0) is 24.9 Å². The van der Waals surface area contributed by atoms with Crippen LogP contribution >= 0.6 is 0 Å². The number of benzene rings is 1. The van der Waals surface area contributed by atoms with Crippen LogP contribution < -0.4 is 11.1 Å². The molecular formula is C14H19N5O. The highest BCUT2D eigenvalue weighted by Gasteiger charge is 2.03. The molecule has 0 unspecified atom stereocenters. The van der Waals surface area contributed by atoms with E-state index in [0.717, 1.165) is 16.9 Å². The summed E-state index contributed by atoms with van der Waals surface area (Å²) in [4.78, 5) is 4.31. The predicted octanol–water partition coefficient (Wildman–Crippen LogP) is 1.49. The summed E-state index contributed by atoms with van der Waals surface area (Å²) >= 11 is 0. The molecule has 0 bridgehead atoms. The molecular weight excluding hydrogens is 254 g/mol. The molecule has 0 saturated heterocycles. The van der Waals surface area contributed by atoms with Crippen molar-refractivity contribution in [3.05, 3.63) is 47.8 Å². The number of para-hydroxylation sites is 1. The van der Waals surface area contributed by atoms with Gasteiger partial charge in [0, 0.05) is 31.6 Å². The number of nitrogens with zero attached hydrogens (tertiary/aromatic N) is 3. The van der Waals surface area contributed by atoms with E-state index in [2.05, 4.69) is 15.4 Å². The first-order chi connectivity index (χ1) is 9.70. The third-order valence-corrected chi connectivity index (χ3v) is 2.91. The minimum Gasteiger partial charge on any atom is -0.380 e. The van der Waals surface area contributed by atoms with E-state index in [9.17, 15) is 0 Å². The first-order valence-corrected chi connectivity index (χ1v) is 6.31. The quantitative estimate of drug-likeness (QED) is 0.639. The van der Waals surface area contributed by atoms with Gasteiger partial charge in [0.1, 0.15) is 0 Å². The zero-order valence-corrected chi connectivity index (χ0v) is 11.7. The van der Waals surface area contributed by atoms with E-state index >= 15 is 0 Å². The molecule has 0 atom stereocenters. The molecule has 0 aliphatic rings. The van der Waals surface area contributed by atoms with Gasteiger partial charge in [-0.15, -0.1) is 0 Å². The van der Waals surface area contributed by atoms with Crippen molar-refractivity contribution in [3.63, 3.8) is 0 Å². The SMILES string of the molecule is COCc1ccccc1NC(N)=NCc1ccnn1C. The number of methoxy groups -OCH3 is 1. The Morgan fingerprint density at radius 2 is 2.20 bits per heavy atom. The minimum atomic E-state index is 0.370. The van der Waals surface area contributed by atoms with Crippen molar-refractivity contribution in [3.8, 4) is 0 Å². The molecule has 1 heterocycles. The van der Waals surface area contributed by atoms with Crippen molar-refractivity contribution in [1.29, 1.82) is 0 Å². The molecule has 0 aliphatic heterocycles. The summed E-state index contributed by atoms with van der Waals surface area (Å²) in [6.07, 6.45) is 1.74. The number of nitrogens with two attached hydrogens (primary N) is 1. The summed E-state index contributed by atoms with van der Waals surface area (Å²) in [6.45, 7) is 1.01. The van der Waals surface area contributed by atoms with Crippen molar-refractivity contribution in [2.45, 2.75) is 13.2 Å². The van der Waals surface area contributed by atoms with E-state index in [1.54, 1.807) is 18.0 Å². The lowest BCUT2D eigenvalue weighted by molar-refractivity contribution is 0.185. The number of hydrogen-bond acceptors (Lipinski definition) is 3. The van der Waals surface area contributed by atoms with E-state index in [4.69, 9.17) is 10.5 Å². The maximum Gasteiger partial charge on any atom is 0.193 e. The Balaban J connectivity index is 2.04. The van der Waals surface area contributed by atoms with Crippen LogP contribution in [0.25, 0.3) is 0 Å². The normalized spacial score (nSPS) is 11.6. The molecule has 106 valence electrons. The van der Waals surface area contributed by atoms with Crippen LogP contribution in [0.15, 0.2) is 41.5 Å². The largest absolute Gasteiger partial charge is 0.380 e. The van der Waals surface area contributed by atoms with Crippen LogP contribution in [0.2, 0.25) is 0 Å². The van der Waals surface area contributed by atoms with E-state index in [1.165, 1.54) is 0 Å². The molecule has 3 N–H and O–H groups in total. The molecule has 2 rings (SSSR count). The first-order valence-electron chi connectivity index (χ1n) is 6.31. The summed E-state index contributed by atoms with van der Waals surface area (Å²) in [5.41, 5.74) is 8.84. The molecule has 0 amide bonds. The second-order valence-corrected chi connectivity index (χ2v) is 4.36. The number of hydrogen-bond donors (Lipinski definition) is 2. The Labute approximate surface area is 118 Å². The molecule has 0 spiro atoms. The number of guanidine groups is 1. The molecule has 1 aromatic carbocycles. The maximum atomic E-state index is 5.91. The van der Waals surface area contributed by atoms with Gasteiger partial charge in [-0.2, -0.15) is 5.10 Å². The summed E-state index contributed by atoms with van der Waals surface area (Å²) in [5.74, 6) is 0.370. The Bertz CT molecular complexity index is 591.